The van der Waals surface area contributed by atoms with Gasteiger partial charge in [0.25, 0.3) is 10.0 Å². The third kappa shape index (κ3) is 4.17. The molecule has 0 aliphatic heterocycles. The highest BCUT2D eigenvalue weighted by Gasteiger charge is 2.34. The van der Waals surface area contributed by atoms with Crippen LogP contribution in [0.25, 0.3) is 11.4 Å². The zero-order valence-electron chi connectivity index (χ0n) is 18.0. The highest BCUT2D eigenvalue weighted by Crippen LogP contribution is 2.43. The van der Waals surface area contributed by atoms with Crippen molar-refractivity contribution >= 4 is 37.9 Å². The molecule has 3 aromatic rings. The van der Waals surface area contributed by atoms with E-state index in [1.54, 1.807) is 31.3 Å². The van der Waals surface area contributed by atoms with Gasteiger partial charge in [0.15, 0.2) is 0 Å². The van der Waals surface area contributed by atoms with Crippen LogP contribution in [0.2, 0.25) is 0 Å². The number of halogens is 1. The number of aryl methyl sites for hydroxylation is 1. The Kier molecular flexibility index (Phi) is 5.74. The molecule has 0 bridgehead atoms. The molecule has 2 aromatic heterocycles. The molecule has 1 N–H and O–H groups in total. The number of carbonyl (C=O) groups is 1. The van der Waals surface area contributed by atoms with E-state index in [1.807, 2.05) is 4.57 Å². The molecule has 0 spiro atoms. The molecule has 0 saturated heterocycles. The minimum Gasteiger partial charge on any atom is -0.461 e. The summed E-state index contributed by atoms with van der Waals surface area (Å²) in [6.07, 6.45) is 5.32. The second kappa shape index (κ2) is 8.57. The Bertz CT molecular complexity index is 1330. The number of hydrogen-bond donors (Lipinski definition) is 1. The minimum absolute atomic E-state index is 0.00145. The number of carbonyl (C=O) groups excluding carboxylic acids is 1. The van der Waals surface area contributed by atoms with Gasteiger partial charge >= 0.3 is 5.97 Å². The second-order valence-electron chi connectivity index (χ2n) is 8.25. The van der Waals surface area contributed by atoms with Gasteiger partial charge in [0.05, 0.1) is 27.4 Å². The van der Waals surface area contributed by atoms with Crippen LogP contribution in [0.4, 0.5) is 5.95 Å². The normalized spacial score (nSPS) is 15.0. The third-order valence-electron chi connectivity index (χ3n) is 5.92. The van der Waals surface area contributed by atoms with Crippen LogP contribution in [-0.4, -0.2) is 35.5 Å². The van der Waals surface area contributed by atoms with E-state index >= 15 is 0 Å². The number of sulfonamides is 1. The summed E-state index contributed by atoms with van der Waals surface area (Å²) in [5.41, 5.74) is 3.88. The predicted molar refractivity (Wildman–Crippen MR) is 126 cm³/mol. The molecule has 10 heteroatoms. The molecule has 1 aromatic carbocycles. The lowest BCUT2D eigenvalue weighted by Crippen LogP contribution is -2.18. The SMILES string of the molecule is CCOC(=O)c1c(Br)c2c(n1CC1CC1)-c1nc(NS(=O)(=O)c3ccccc3)ncc1CC2. The number of fused-ring (bicyclic) bond motifs is 3. The molecule has 2 aliphatic rings. The number of nitrogens with one attached hydrogen (secondary N) is 1. The molecule has 1 fully saturated rings. The number of anilines is 1. The largest absolute Gasteiger partial charge is 0.461 e. The molecule has 0 amide bonds. The molecule has 33 heavy (non-hydrogen) atoms. The van der Waals surface area contributed by atoms with Crippen molar-refractivity contribution in [1.82, 2.24) is 14.5 Å². The lowest BCUT2D eigenvalue weighted by molar-refractivity contribution is 0.0512. The first-order valence-corrected chi connectivity index (χ1v) is 13.2. The van der Waals surface area contributed by atoms with Gasteiger partial charge in [-0.2, -0.15) is 0 Å². The Balaban J connectivity index is 1.60. The smallest absolute Gasteiger partial charge is 0.356 e. The lowest BCUT2D eigenvalue weighted by Gasteiger charge is -2.20. The van der Waals surface area contributed by atoms with Crippen LogP contribution in [0, 0.1) is 5.92 Å². The number of aromatic nitrogens is 3. The zero-order valence-corrected chi connectivity index (χ0v) is 20.4. The number of benzene rings is 1. The molecule has 0 unspecified atom stereocenters. The van der Waals surface area contributed by atoms with E-state index in [9.17, 15) is 13.2 Å². The summed E-state index contributed by atoms with van der Waals surface area (Å²) in [5, 5.41) is 0. The Morgan fingerprint density at radius 2 is 2.00 bits per heavy atom. The van der Waals surface area contributed by atoms with Crippen LogP contribution in [-0.2, 0) is 34.1 Å². The maximum absolute atomic E-state index is 12.8. The van der Waals surface area contributed by atoms with Gasteiger partial charge in [0.1, 0.15) is 5.69 Å². The van der Waals surface area contributed by atoms with E-state index in [0.717, 1.165) is 40.6 Å². The molecule has 2 heterocycles. The van der Waals surface area contributed by atoms with Crippen LogP contribution in [0.15, 0.2) is 45.9 Å². The number of ether oxygens (including phenoxy) is 1. The zero-order chi connectivity index (χ0) is 23.2. The quantitative estimate of drug-likeness (QED) is 0.459. The third-order valence-corrected chi connectivity index (χ3v) is 8.12. The van der Waals surface area contributed by atoms with Gasteiger partial charge in [-0.3, -0.25) is 0 Å². The summed E-state index contributed by atoms with van der Waals surface area (Å²) in [7, 11) is -3.83. The summed E-state index contributed by atoms with van der Waals surface area (Å²) in [6, 6.07) is 8.11. The van der Waals surface area contributed by atoms with E-state index in [-0.39, 0.29) is 23.4 Å². The topological polar surface area (TPSA) is 103 Å². The summed E-state index contributed by atoms with van der Waals surface area (Å²) in [5.74, 6) is 0.128. The summed E-state index contributed by atoms with van der Waals surface area (Å²) < 4.78 is 36.1. The van der Waals surface area contributed by atoms with E-state index < -0.39 is 10.0 Å². The molecule has 8 nitrogen and oxygen atoms in total. The van der Waals surface area contributed by atoms with Crippen LogP contribution < -0.4 is 4.72 Å². The number of esters is 1. The fourth-order valence-corrected chi connectivity index (χ4v) is 5.90. The van der Waals surface area contributed by atoms with Gasteiger partial charge < -0.3 is 9.30 Å². The highest BCUT2D eigenvalue weighted by molar-refractivity contribution is 9.10. The van der Waals surface area contributed by atoms with E-state index in [1.165, 1.54) is 12.1 Å². The van der Waals surface area contributed by atoms with Crippen molar-refractivity contribution in [3.63, 3.8) is 0 Å². The van der Waals surface area contributed by atoms with Gasteiger partial charge in [0, 0.05) is 12.7 Å². The standard InChI is InChI=1S/C23H23BrN4O4S/c1-2-32-22(29)21-18(24)17-11-10-15-12-25-23(27-33(30,31)16-6-4-3-5-7-16)26-19(15)20(17)28(21)13-14-8-9-14/h3-7,12,14H,2,8-11,13H2,1H3,(H,25,26,27). The molecule has 0 radical (unpaired) electrons. The van der Waals surface area contributed by atoms with Gasteiger partial charge in [-0.15, -0.1) is 0 Å². The Morgan fingerprint density at radius 1 is 1.24 bits per heavy atom. The van der Waals surface area contributed by atoms with E-state index in [0.29, 0.717) is 30.3 Å². The second-order valence-corrected chi connectivity index (χ2v) is 10.7. The van der Waals surface area contributed by atoms with Crippen molar-refractivity contribution in [3.8, 4) is 11.4 Å². The monoisotopic (exact) mass is 530 g/mol. The van der Waals surface area contributed by atoms with Gasteiger partial charge in [-0.1, -0.05) is 18.2 Å². The van der Waals surface area contributed by atoms with Crippen molar-refractivity contribution in [2.24, 2.45) is 5.92 Å². The Hall–Kier alpha value is -2.72. The highest BCUT2D eigenvalue weighted by atomic mass is 79.9. The van der Waals surface area contributed by atoms with Crippen molar-refractivity contribution < 1.29 is 17.9 Å². The van der Waals surface area contributed by atoms with Crippen LogP contribution in [0.5, 0.6) is 0 Å². The van der Waals surface area contributed by atoms with Gasteiger partial charge in [-0.05, 0) is 77.7 Å². The van der Waals surface area contributed by atoms with Crippen molar-refractivity contribution in [3.05, 3.63) is 57.8 Å². The summed E-state index contributed by atoms with van der Waals surface area (Å²) in [6.45, 7) is 2.76. The first kappa shape index (κ1) is 22.1. The predicted octanol–water partition coefficient (Wildman–Crippen LogP) is 4.19. The maximum atomic E-state index is 12.8. The molecule has 5 rings (SSSR count). The van der Waals surface area contributed by atoms with E-state index in [4.69, 9.17) is 4.74 Å². The molecular formula is C23H23BrN4O4S. The van der Waals surface area contributed by atoms with Crippen LogP contribution >= 0.6 is 15.9 Å². The summed E-state index contributed by atoms with van der Waals surface area (Å²) in [4.78, 5) is 21.8. The minimum atomic E-state index is -3.83. The van der Waals surface area contributed by atoms with Crippen molar-refractivity contribution in [2.45, 2.75) is 44.0 Å². The van der Waals surface area contributed by atoms with E-state index in [2.05, 4.69) is 30.6 Å². The first-order valence-electron chi connectivity index (χ1n) is 10.9. The fourth-order valence-electron chi connectivity index (χ4n) is 4.16. The van der Waals surface area contributed by atoms with Crippen molar-refractivity contribution in [2.75, 3.05) is 11.3 Å². The van der Waals surface area contributed by atoms with Crippen LogP contribution in [0.3, 0.4) is 0 Å². The van der Waals surface area contributed by atoms with Crippen molar-refractivity contribution in [1.29, 1.82) is 0 Å². The average molecular weight is 531 g/mol. The molecule has 2 aliphatic carbocycles. The summed E-state index contributed by atoms with van der Waals surface area (Å²) >= 11 is 3.64. The van der Waals surface area contributed by atoms with Gasteiger partial charge in [-0.25, -0.2) is 27.9 Å². The Morgan fingerprint density at radius 3 is 2.70 bits per heavy atom. The molecular weight excluding hydrogens is 508 g/mol. The number of nitrogens with zero attached hydrogens (tertiary/aromatic N) is 3. The number of rotatable bonds is 7. The Labute approximate surface area is 200 Å². The molecule has 172 valence electrons. The molecule has 0 atom stereocenters. The van der Waals surface area contributed by atoms with Gasteiger partial charge in [0.2, 0.25) is 5.95 Å². The maximum Gasteiger partial charge on any atom is 0.356 e. The number of hydrogen-bond acceptors (Lipinski definition) is 6. The van der Waals surface area contributed by atoms with Crippen LogP contribution in [0.1, 0.15) is 41.4 Å². The first-order chi connectivity index (χ1) is 15.9. The average Bonchev–Trinajstić information content (AvgIpc) is 3.57. The molecule has 1 saturated carbocycles. The fraction of sp³-hybridized carbons (Fsp3) is 0.348. The lowest BCUT2D eigenvalue weighted by atomic mass is 9.95.